The van der Waals surface area contributed by atoms with Gasteiger partial charge in [0.15, 0.2) is 47.1 Å². The number of aryl methyl sites for hydroxylation is 1. The Hall–Kier alpha value is -13.0. The molecule has 0 saturated carbocycles. The Morgan fingerprint density at radius 2 is 0.886 bits per heavy atom. The highest BCUT2D eigenvalue weighted by Gasteiger charge is 2.48. The molecule has 10 atom stereocenters. The number of hydrogen-bond donors (Lipinski definition) is 8. The summed E-state index contributed by atoms with van der Waals surface area (Å²) in [7, 11) is 1.41. The van der Waals surface area contributed by atoms with E-state index >= 15 is 0 Å². The fourth-order valence-corrected chi connectivity index (χ4v) is 17.0. The minimum Gasteiger partial charge on any atom is -0.493 e. The average molecular weight is 1830 g/mol. The first kappa shape index (κ1) is 99.6. The number of hydrogen-bond acceptors (Lipinski definition) is 25. The van der Waals surface area contributed by atoms with Crippen LogP contribution in [-0.2, 0) is 97.9 Å². The lowest BCUT2D eigenvalue weighted by atomic mass is 9.92. The number of allylic oxidation sites excluding steroid dienone is 1. The van der Waals surface area contributed by atoms with Crippen LogP contribution in [0.4, 0.5) is 21.0 Å². The number of ether oxygens (including phenoxy) is 5. The number of aliphatic hydroxyl groups is 2. The van der Waals surface area contributed by atoms with Crippen molar-refractivity contribution in [2.75, 3.05) is 56.3 Å². The summed E-state index contributed by atoms with van der Waals surface area (Å²) in [6.07, 6.45) is 1.58. The number of fused-ring (bicyclic) bond motifs is 4. The number of anilines is 2. The summed E-state index contributed by atoms with van der Waals surface area (Å²) < 4.78 is 30.2. The molecule has 9 heterocycles. The van der Waals surface area contributed by atoms with Crippen LogP contribution in [-0.4, -0.2) is 237 Å². The molecule has 8 N–H and O–H groups in total. The number of carbonyl (C=O) groups is 17. The SMILES string of the molecule is C=C1CCCCC(=O)[C@H](NC(=O)CCCN2C(=O)C=CC2=O)[C@H](NC(=O)CCCN2C(=O)C=CC2=O)C(=O)CCCCC(=O)N[C@@H](C(C)C)C(=O)N[C@@H](C)C(=O)Cc2ccc(cc2)COC(=O)N2c3cc(c(OC)cc3C(=O)N3CCC[C@H]3C2O)OCCCCCOc2cc3c(cc2C)C(=O)N2CCC[C@H]2C(O)N3C(=O)OCc2ccc(cc2)CC(=O)[C@H](C)NC(=O)[C@H](C(C)C)N1. The van der Waals surface area contributed by atoms with Crippen molar-refractivity contribution < 1.29 is 115 Å². The Kier molecular flexibility index (Phi) is 34.9. The molecule has 36 heteroatoms. The van der Waals surface area contributed by atoms with Crippen LogP contribution in [0, 0.1) is 18.8 Å². The van der Waals surface area contributed by atoms with Crippen LogP contribution in [0.15, 0.2) is 109 Å². The van der Waals surface area contributed by atoms with Gasteiger partial charge in [0.25, 0.3) is 35.4 Å². The zero-order chi connectivity index (χ0) is 95.3. The number of nitrogens with one attached hydrogen (secondary N) is 6. The Morgan fingerprint density at radius 3 is 1.33 bits per heavy atom. The lowest BCUT2D eigenvalue weighted by Crippen LogP contribution is -2.59. The third-order valence-electron chi connectivity index (χ3n) is 24.6. The van der Waals surface area contributed by atoms with Crippen molar-refractivity contribution in [2.24, 2.45) is 11.8 Å². The minimum atomic E-state index is -1.73. The van der Waals surface area contributed by atoms with Crippen LogP contribution in [0.2, 0.25) is 0 Å². The van der Waals surface area contributed by atoms with E-state index < -0.39 is 155 Å². The van der Waals surface area contributed by atoms with E-state index in [2.05, 4.69) is 38.5 Å². The molecule has 708 valence electrons. The van der Waals surface area contributed by atoms with Gasteiger partial charge in [-0.3, -0.25) is 81.7 Å². The van der Waals surface area contributed by atoms with Crippen molar-refractivity contribution in [3.8, 4) is 17.2 Å². The summed E-state index contributed by atoms with van der Waals surface area (Å²) in [6.45, 7) is 16.0. The van der Waals surface area contributed by atoms with E-state index in [-0.39, 0.29) is 181 Å². The zero-order valence-corrected chi connectivity index (χ0v) is 75.9. The molecule has 0 aromatic heterocycles. The van der Waals surface area contributed by atoms with Gasteiger partial charge in [0.05, 0.1) is 67.0 Å². The Balaban J connectivity index is 0.801. The standard InChI is InChI=1S/C96H120N12O24/c1-55(2)85-89(120)98-59(7)73(111)48-61-29-33-63(34-30-61)53-131-95(126)107-69-51-75(57(5)47-65(69)91(122)103-41-17-22-67(103)93(107)124)129-45-15-10-16-46-130-77-52-70-66(50-76(77)128-9)92(123)104-42-18-23-68(104)94(125)108(70)96(127)132-54-64-35-31-62(32-36-64)49-74(112)60(8)99-90(121)86(56(3)4)100-78(113)26-14-13-25-72(110)88(102-80(115)28-20-44-106-83(118)39-40-84(106)119)87(71(109)24-12-11-21-58(6)97-85)101-79(114)27-19-43-105-81(116)37-38-82(105)117/h29-40,47,50-52,55-56,59-60,67-68,85-88,93-94,97,124-125H,6,10-28,41-46,48-49,53-54H2,1-5,7-9H3,(H,98,120)(H,99,121)(H,100,113)(H,101,114)(H,102,115)/t59-,60-,67-,68-,85-,86-,87-,88+,93?,94?/m0/s1. The highest BCUT2D eigenvalue weighted by molar-refractivity contribution is 6.14. The maximum absolute atomic E-state index is 14.7. The molecule has 132 heavy (non-hydrogen) atoms. The summed E-state index contributed by atoms with van der Waals surface area (Å²) in [5, 5.41) is 40.8. The maximum Gasteiger partial charge on any atom is 0.416 e. The first-order chi connectivity index (χ1) is 63.1. The van der Waals surface area contributed by atoms with Gasteiger partial charge in [-0.05, 0) is 162 Å². The number of benzene rings is 4. The van der Waals surface area contributed by atoms with Crippen LogP contribution >= 0.6 is 0 Å². The van der Waals surface area contributed by atoms with Gasteiger partial charge < -0.3 is 75.6 Å². The van der Waals surface area contributed by atoms with E-state index in [1.54, 1.807) is 107 Å². The average Bonchev–Trinajstić information content (AvgIpc) is 1.60. The summed E-state index contributed by atoms with van der Waals surface area (Å²) >= 11 is 0. The van der Waals surface area contributed by atoms with Crippen molar-refractivity contribution in [1.82, 2.24) is 51.5 Å². The maximum atomic E-state index is 14.7. The Labute approximate surface area is 766 Å². The molecule has 4 aromatic carbocycles. The van der Waals surface area contributed by atoms with Gasteiger partial charge in [-0.1, -0.05) is 82.8 Å². The lowest BCUT2D eigenvalue weighted by molar-refractivity contribution is -0.138. The summed E-state index contributed by atoms with van der Waals surface area (Å²) in [6, 6.07) is 10.4. The molecule has 36 nitrogen and oxygen atoms in total. The normalized spacial score (nSPS) is 24.1. The highest BCUT2D eigenvalue weighted by Crippen LogP contribution is 2.43. The molecule has 9 aliphatic rings. The number of Topliss-reactive ketones (excluding diaryl/α,β-unsaturated/α-hetero) is 4. The van der Waals surface area contributed by atoms with Crippen LogP contribution in [0.5, 0.6) is 17.2 Å². The van der Waals surface area contributed by atoms with E-state index in [1.807, 2.05) is 0 Å². The Bertz CT molecular complexity index is 4990. The van der Waals surface area contributed by atoms with E-state index in [9.17, 15) is 91.7 Å². The van der Waals surface area contributed by atoms with Crippen LogP contribution in [0.1, 0.15) is 212 Å². The molecule has 13 amide bonds. The second-order valence-electron chi connectivity index (χ2n) is 35.1. The van der Waals surface area contributed by atoms with Crippen molar-refractivity contribution >= 4 is 112 Å². The molecular formula is C96H120N12O24. The predicted molar refractivity (Wildman–Crippen MR) is 479 cm³/mol. The molecule has 13 rings (SSSR count). The van der Waals surface area contributed by atoms with E-state index in [4.69, 9.17) is 23.7 Å². The number of rotatable bonds is 13. The van der Waals surface area contributed by atoms with Crippen LogP contribution < -0.4 is 55.9 Å². The van der Waals surface area contributed by atoms with Gasteiger partial charge in [0.2, 0.25) is 29.5 Å². The fraction of sp³-hybridized carbons (Fsp3) is 0.510. The van der Waals surface area contributed by atoms with Crippen molar-refractivity contribution in [3.05, 3.63) is 148 Å². The molecule has 2 fully saturated rings. The third-order valence-corrected chi connectivity index (χ3v) is 24.6. The second kappa shape index (κ2) is 46.2. The van der Waals surface area contributed by atoms with Gasteiger partial charge in [-0.25, -0.2) is 19.4 Å². The first-order valence-corrected chi connectivity index (χ1v) is 45.4. The van der Waals surface area contributed by atoms with Crippen LogP contribution in [0.3, 0.4) is 0 Å². The van der Waals surface area contributed by atoms with E-state index in [1.165, 1.54) is 31.1 Å². The second-order valence-corrected chi connectivity index (χ2v) is 35.1. The number of methoxy groups -OCH3 is 1. The van der Waals surface area contributed by atoms with Crippen molar-refractivity contribution in [2.45, 2.75) is 257 Å². The quantitative estimate of drug-likeness (QED) is 0.0628. The molecule has 0 aliphatic carbocycles. The van der Waals surface area contributed by atoms with Crippen molar-refractivity contribution in [3.63, 3.8) is 0 Å². The summed E-state index contributed by atoms with van der Waals surface area (Å²) in [5.74, 6) is -8.78. The van der Waals surface area contributed by atoms with Gasteiger partial charge >= 0.3 is 12.2 Å². The number of nitrogens with zero attached hydrogens (tertiary/aromatic N) is 6. The number of imide groups is 2. The van der Waals surface area contributed by atoms with Gasteiger partial charge in [0.1, 0.15) is 43.1 Å². The van der Waals surface area contributed by atoms with E-state index in [0.717, 1.165) is 43.9 Å². The number of aliphatic hydroxyl groups excluding tert-OH is 2. The molecular weight excluding hydrogens is 1710 g/mol. The lowest BCUT2D eigenvalue weighted by Gasteiger charge is -2.31. The first-order valence-electron chi connectivity index (χ1n) is 45.4. The monoisotopic (exact) mass is 1820 g/mol. The number of amides is 13. The van der Waals surface area contributed by atoms with Gasteiger partial charge in [-0.15, -0.1) is 0 Å². The molecule has 8 bridgehead atoms. The zero-order valence-electron chi connectivity index (χ0n) is 75.9. The molecule has 2 saturated heterocycles. The predicted octanol–water partition coefficient (Wildman–Crippen LogP) is 6.95. The molecule has 0 spiro atoms. The highest BCUT2D eigenvalue weighted by atomic mass is 16.6. The van der Waals surface area contributed by atoms with Crippen LogP contribution in [0.25, 0.3) is 0 Å². The van der Waals surface area contributed by atoms with Gasteiger partial charge in [-0.2, -0.15) is 0 Å². The summed E-state index contributed by atoms with van der Waals surface area (Å²) in [5.41, 5.74) is 3.48. The Morgan fingerprint density at radius 1 is 0.485 bits per heavy atom. The largest absolute Gasteiger partial charge is 0.493 e. The summed E-state index contributed by atoms with van der Waals surface area (Å²) in [4.78, 5) is 241. The fourth-order valence-electron chi connectivity index (χ4n) is 17.0. The number of ketones is 4. The molecule has 9 aliphatic heterocycles. The minimum absolute atomic E-state index is 0.0125. The smallest absolute Gasteiger partial charge is 0.416 e. The topological polar surface area (TPSA) is 468 Å². The number of carbonyl (C=O) groups excluding carboxylic acids is 17. The van der Waals surface area contributed by atoms with E-state index in [0.29, 0.717) is 97.3 Å². The van der Waals surface area contributed by atoms with Crippen molar-refractivity contribution in [1.29, 1.82) is 0 Å². The molecule has 0 radical (unpaired) electrons. The third kappa shape index (κ3) is 25.4. The molecule has 2 unspecified atom stereocenters. The van der Waals surface area contributed by atoms with Gasteiger partial charge in [0, 0.05) is 113 Å². The molecule has 4 aromatic rings.